The second-order valence-electron chi connectivity index (χ2n) is 8.73. The number of alkyl halides is 5. The van der Waals surface area contributed by atoms with Crippen molar-refractivity contribution in [2.45, 2.75) is 32.7 Å². The standard InChI is InChI=1S/C26H23F5N6O2/c1-14(2)33-10-16-9-18(5-8-20(16)32)37-12-17-11-34-25(35-13-26(29,30)31)36-22(17)21(23(37)38)15-3-6-19(7-4-15)39-24(27)28/h3-12,14,24H,13,32H2,1-2H3,(H,35,36). The molecule has 0 aliphatic carbocycles. The van der Waals surface area contributed by atoms with Crippen LogP contribution in [0.25, 0.3) is 27.7 Å². The van der Waals surface area contributed by atoms with Crippen molar-refractivity contribution < 1.29 is 26.7 Å². The van der Waals surface area contributed by atoms with Crippen LogP contribution in [-0.2, 0) is 0 Å². The third kappa shape index (κ3) is 6.67. The highest BCUT2D eigenvalue weighted by molar-refractivity contribution is 5.93. The molecule has 204 valence electrons. The van der Waals surface area contributed by atoms with Crippen molar-refractivity contribution in [3.63, 3.8) is 0 Å². The van der Waals surface area contributed by atoms with Gasteiger partial charge in [-0.05, 0) is 49.7 Å². The molecule has 0 amide bonds. The Labute approximate surface area is 219 Å². The number of nitrogens with zero attached hydrogens (tertiary/aromatic N) is 4. The molecule has 2 aromatic carbocycles. The van der Waals surface area contributed by atoms with E-state index in [9.17, 15) is 26.7 Å². The Morgan fingerprint density at radius 1 is 1.15 bits per heavy atom. The molecule has 0 aliphatic rings. The van der Waals surface area contributed by atoms with Crippen LogP contribution in [0.1, 0.15) is 19.4 Å². The Bertz CT molecular complexity index is 1570. The first-order chi connectivity index (χ1) is 18.4. The zero-order chi connectivity index (χ0) is 28.3. The lowest BCUT2D eigenvalue weighted by Crippen LogP contribution is -2.23. The average Bonchev–Trinajstić information content (AvgIpc) is 2.86. The number of halogens is 5. The summed E-state index contributed by atoms with van der Waals surface area (Å²) in [6.07, 6.45) is -0.179. The minimum absolute atomic E-state index is 0.0115. The van der Waals surface area contributed by atoms with Gasteiger partial charge in [0, 0.05) is 47.0 Å². The summed E-state index contributed by atoms with van der Waals surface area (Å²) in [4.78, 5) is 26.3. The van der Waals surface area contributed by atoms with Crippen molar-refractivity contribution in [2.75, 3.05) is 17.6 Å². The second kappa shape index (κ2) is 11.1. The molecular weight excluding hydrogens is 523 g/mol. The van der Waals surface area contributed by atoms with Gasteiger partial charge in [-0.3, -0.25) is 14.4 Å². The first kappa shape index (κ1) is 27.5. The van der Waals surface area contributed by atoms with Crippen molar-refractivity contribution in [1.29, 1.82) is 0 Å². The predicted molar refractivity (Wildman–Crippen MR) is 139 cm³/mol. The van der Waals surface area contributed by atoms with Gasteiger partial charge in [0.2, 0.25) is 5.95 Å². The summed E-state index contributed by atoms with van der Waals surface area (Å²) in [7, 11) is 0. The van der Waals surface area contributed by atoms with E-state index in [1.807, 2.05) is 13.8 Å². The van der Waals surface area contributed by atoms with E-state index in [4.69, 9.17) is 5.73 Å². The number of hydrogen-bond acceptors (Lipinski definition) is 7. The van der Waals surface area contributed by atoms with E-state index < -0.39 is 24.9 Å². The van der Waals surface area contributed by atoms with Crippen LogP contribution >= 0.6 is 0 Å². The highest BCUT2D eigenvalue weighted by Crippen LogP contribution is 2.28. The third-order valence-electron chi connectivity index (χ3n) is 5.43. The minimum atomic E-state index is -4.52. The summed E-state index contributed by atoms with van der Waals surface area (Å²) < 4.78 is 69.2. The summed E-state index contributed by atoms with van der Waals surface area (Å²) in [5.74, 6) is -0.473. The summed E-state index contributed by atoms with van der Waals surface area (Å²) in [5, 5.41) is 2.44. The maximum Gasteiger partial charge on any atom is 0.405 e. The number of pyridine rings is 1. The van der Waals surface area contributed by atoms with Crippen LogP contribution in [0.5, 0.6) is 5.75 Å². The molecule has 0 radical (unpaired) electrons. The van der Waals surface area contributed by atoms with E-state index in [-0.39, 0.29) is 34.4 Å². The summed E-state index contributed by atoms with van der Waals surface area (Å²) in [5.41, 5.74) is 7.31. The Morgan fingerprint density at radius 2 is 1.87 bits per heavy atom. The molecule has 39 heavy (non-hydrogen) atoms. The molecule has 2 heterocycles. The third-order valence-corrected chi connectivity index (χ3v) is 5.43. The molecule has 0 aliphatic heterocycles. The molecule has 0 bridgehead atoms. The van der Waals surface area contributed by atoms with E-state index in [2.05, 4.69) is 25.0 Å². The maximum absolute atomic E-state index is 13.8. The molecule has 0 saturated carbocycles. The van der Waals surface area contributed by atoms with E-state index in [1.54, 1.807) is 24.4 Å². The number of rotatable bonds is 8. The molecule has 0 atom stereocenters. The first-order valence-electron chi connectivity index (χ1n) is 11.6. The lowest BCUT2D eigenvalue weighted by molar-refractivity contribution is -0.115. The van der Waals surface area contributed by atoms with Crippen molar-refractivity contribution >= 4 is 28.8 Å². The van der Waals surface area contributed by atoms with Gasteiger partial charge in [-0.25, -0.2) is 9.97 Å². The fourth-order valence-electron chi connectivity index (χ4n) is 3.68. The largest absolute Gasteiger partial charge is 0.435 e. The number of hydrogen-bond donors (Lipinski definition) is 2. The second-order valence-corrected chi connectivity index (χ2v) is 8.73. The first-order valence-corrected chi connectivity index (χ1v) is 11.6. The fraction of sp³-hybridized carbons (Fsp3) is 0.231. The van der Waals surface area contributed by atoms with Crippen LogP contribution in [0.3, 0.4) is 0 Å². The van der Waals surface area contributed by atoms with Crippen LogP contribution in [0, 0.1) is 0 Å². The van der Waals surface area contributed by atoms with Gasteiger partial charge in [-0.1, -0.05) is 12.1 Å². The summed E-state index contributed by atoms with van der Waals surface area (Å²) in [6.45, 7) is -0.630. The van der Waals surface area contributed by atoms with Crippen LogP contribution in [0.15, 0.2) is 64.6 Å². The molecule has 0 fully saturated rings. The minimum Gasteiger partial charge on any atom is -0.435 e. The summed E-state index contributed by atoms with van der Waals surface area (Å²) in [6, 6.07) is 10.2. The number of benzene rings is 2. The molecule has 4 rings (SSSR count). The van der Waals surface area contributed by atoms with Crippen molar-refractivity contribution in [1.82, 2.24) is 14.5 Å². The monoisotopic (exact) mass is 546 g/mol. The van der Waals surface area contributed by atoms with Gasteiger partial charge in [0.1, 0.15) is 12.3 Å². The molecular formula is C26H23F5N6O2. The van der Waals surface area contributed by atoms with Crippen LogP contribution in [0.4, 0.5) is 33.6 Å². The normalized spacial score (nSPS) is 12.1. The Hall–Kier alpha value is -4.55. The summed E-state index contributed by atoms with van der Waals surface area (Å²) >= 11 is 0. The fourth-order valence-corrected chi connectivity index (χ4v) is 3.68. The molecule has 0 spiro atoms. The number of nitrogen functional groups attached to an aromatic ring is 1. The Morgan fingerprint density at radius 3 is 2.51 bits per heavy atom. The van der Waals surface area contributed by atoms with Gasteiger partial charge in [-0.2, -0.15) is 22.0 Å². The van der Waals surface area contributed by atoms with E-state index in [1.165, 1.54) is 41.2 Å². The van der Waals surface area contributed by atoms with Gasteiger partial charge >= 0.3 is 12.8 Å². The van der Waals surface area contributed by atoms with Crippen LogP contribution < -0.4 is 21.3 Å². The van der Waals surface area contributed by atoms with Crippen molar-refractivity contribution in [3.05, 3.63) is 70.8 Å². The van der Waals surface area contributed by atoms with Crippen molar-refractivity contribution in [2.24, 2.45) is 4.99 Å². The zero-order valence-corrected chi connectivity index (χ0v) is 20.7. The quantitative estimate of drug-likeness (QED) is 0.173. The van der Waals surface area contributed by atoms with Gasteiger partial charge in [0.05, 0.1) is 11.1 Å². The topological polar surface area (TPSA) is 107 Å². The predicted octanol–water partition coefficient (Wildman–Crippen LogP) is 5.43. The SMILES string of the molecule is CC(C)N=Cc1cc(-n2cc3cnc(NCC(F)(F)F)nc3c(-c3ccc(OC(F)F)cc3)c2=O)ccc1N. The van der Waals surface area contributed by atoms with Gasteiger partial charge in [0.15, 0.2) is 0 Å². The van der Waals surface area contributed by atoms with Gasteiger partial charge < -0.3 is 15.8 Å². The van der Waals surface area contributed by atoms with E-state index in [0.29, 0.717) is 22.3 Å². The van der Waals surface area contributed by atoms with E-state index >= 15 is 0 Å². The molecule has 0 saturated heterocycles. The lowest BCUT2D eigenvalue weighted by atomic mass is 10.0. The molecule has 13 heteroatoms. The Kier molecular flexibility index (Phi) is 7.79. The molecule has 8 nitrogen and oxygen atoms in total. The molecule has 4 aromatic rings. The zero-order valence-electron chi connectivity index (χ0n) is 20.7. The number of fused-ring (bicyclic) bond motifs is 1. The van der Waals surface area contributed by atoms with Gasteiger partial charge in [0.25, 0.3) is 5.56 Å². The average molecular weight is 547 g/mol. The number of aromatic nitrogens is 3. The van der Waals surface area contributed by atoms with Crippen LogP contribution in [0.2, 0.25) is 0 Å². The van der Waals surface area contributed by atoms with E-state index in [0.717, 1.165) is 0 Å². The number of nitrogens with two attached hydrogens (primary N) is 1. The number of nitrogens with one attached hydrogen (secondary N) is 1. The highest BCUT2D eigenvalue weighted by Gasteiger charge is 2.27. The van der Waals surface area contributed by atoms with Crippen molar-refractivity contribution in [3.8, 4) is 22.6 Å². The van der Waals surface area contributed by atoms with Gasteiger partial charge in [-0.15, -0.1) is 0 Å². The lowest BCUT2D eigenvalue weighted by Gasteiger charge is -2.15. The number of anilines is 2. The van der Waals surface area contributed by atoms with Crippen LogP contribution in [-0.4, -0.2) is 46.1 Å². The molecule has 2 aromatic heterocycles. The molecule has 0 unspecified atom stereocenters. The number of aliphatic imine (C=N–C) groups is 1. The Balaban J connectivity index is 1.91. The molecule has 3 N–H and O–H groups in total. The highest BCUT2D eigenvalue weighted by atomic mass is 19.4. The number of ether oxygens (including phenoxy) is 1. The smallest absolute Gasteiger partial charge is 0.405 e. The maximum atomic E-state index is 13.8.